The summed E-state index contributed by atoms with van der Waals surface area (Å²) in [6.45, 7) is 3.63. The van der Waals surface area contributed by atoms with E-state index in [-0.39, 0.29) is 12.4 Å². The van der Waals surface area contributed by atoms with Crippen LogP contribution in [0.5, 0.6) is 0 Å². The zero-order valence-corrected chi connectivity index (χ0v) is 12.9. The Morgan fingerprint density at radius 3 is 2.64 bits per heavy atom. The van der Waals surface area contributed by atoms with Crippen molar-refractivity contribution >= 4 is 5.97 Å². The van der Waals surface area contributed by atoms with Crippen LogP contribution in [-0.4, -0.2) is 36.2 Å². The molecule has 0 aliphatic carbocycles. The Bertz CT molecular complexity index is 606. The van der Waals surface area contributed by atoms with Gasteiger partial charge in [0.1, 0.15) is 5.76 Å². The Hall–Kier alpha value is -2.11. The number of carbonyl (C=O) groups is 1. The van der Waals surface area contributed by atoms with Gasteiger partial charge >= 0.3 is 5.97 Å². The number of esters is 1. The summed E-state index contributed by atoms with van der Waals surface area (Å²) in [6.07, 6.45) is 0. The second kappa shape index (κ2) is 7.77. The van der Waals surface area contributed by atoms with Gasteiger partial charge in [-0.2, -0.15) is 0 Å². The molecular weight excluding hydrogens is 282 g/mol. The summed E-state index contributed by atoms with van der Waals surface area (Å²) in [5.41, 5.74) is 1.91. The minimum absolute atomic E-state index is 0.0659. The minimum Gasteiger partial charge on any atom is -0.463 e. The van der Waals surface area contributed by atoms with E-state index in [1.807, 2.05) is 43.3 Å². The average Bonchev–Trinajstić information content (AvgIpc) is 2.88. The van der Waals surface area contributed by atoms with Gasteiger partial charge in [-0.3, -0.25) is 4.90 Å². The number of benzene rings is 1. The molecule has 1 N–H and O–H groups in total. The topological polar surface area (TPSA) is 62.9 Å². The molecule has 0 fully saturated rings. The van der Waals surface area contributed by atoms with Crippen LogP contribution in [0.3, 0.4) is 0 Å². The van der Waals surface area contributed by atoms with E-state index in [0.29, 0.717) is 25.4 Å². The first-order valence-corrected chi connectivity index (χ1v) is 7.18. The van der Waals surface area contributed by atoms with Crippen LogP contribution in [0.1, 0.15) is 27.4 Å². The summed E-state index contributed by atoms with van der Waals surface area (Å²) in [7, 11) is 1.33. The van der Waals surface area contributed by atoms with E-state index in [4.69, 9.17) is 9.15 Å². The highest BCUT2D eigenvalue weighted by Crippen LogP contribution is 2.18. The molecule has 1 aromatic carbocycles. The normalized spacial score (nSPS) is 10.9. The van der Waals surface area contributed by atoms with Gasteiger partial charge in [-0.15, -0.1) is 0 Å². The van der Waals surface area contributed by atoms with E-state index in [0.717, 1.165) is 11.1 Å². The molecule has 2 rings (SSSR count). The number of methoxy groups -OCH3 is 1. The first-order valence-electron chi connectivity index (χ1n) is 7.18. The quantitative estimate of drug-likeness (QED) is 0.796. The molecule has 1 aromatic heterocycles. The van der Waals surface area contributed by atoms with Crippen molar-refractivity contribution in [1.29, 1.82) is 0 Å². The summed E-state index contributed by atoms with van der Waals surface area (Å²) in [6, 6.07) is 11.9. The molecule has 0 spiro atoms. The van der Waals surface area contributed by atoms with Crippen LogP contribution in [0.4, 0.5) is 0 Å². The lowest BCUT2D eigenvalue weighted by Gasteiger charge is -2.20. The Kier molecular flexibility index (Phi) is 5.75. The van der Waals surface area contributed by atoms with E-state index in [2.05, 4.69) is 4.90 Å². The van der Waals surface area contributed by atoms with Crippen molar-refractivity contribution in [3.63, 3.8) is 0 Å². The van der Waals surface area contributed by atoms with Crippen LogP contribution in [0.25, 0.3) is 0 Å². The third kappa shape index (κ3) is 4.19. The highest BCUT2D eigenvalue weighted by atomic mass is 16.5. The molecule has 5 nitrogen and oxygen atoms in total. The van der Waals surface area contributed by atoms with Crippen LogP contribution in [0.2, 0.25) is 0 Å². The number of hydrogen-bond donors (Lipinski definition) is 1. The van der Waals surface area contributed by atoms with Gasteiger partial charge in [0, 0.05) is 18.7 Å². The third-order valence-electron chi connectivity index (χ3n) is 3.38. The van der Waals surface area contributed by atoms with Gasteiger partial charge in [-0.05, 0) is 18.6 Å². The minimum atomic E-state index is -0.472. The molecule has 118 valence electrons. The van der Waals surface area contributed by atoms with Crippen LogP contribution in [0, 0.1) is 6.92 Å². The highest BCUT2D eigenvalue weighted by Gasteiger charge is 2.17. The molecule has 0 radical (unpaired) electrons. The Morgan fingerprint density at radius 2 is 2.00 bits per heavy atom. The Balaban J connectivity index is 2.09. The maximum atomic E-state index is 11.6. The first kappa shape index (κ1) is 16.3. The van der Waals surface area contributed by atoms with Gasteiger partial charge in [0.25, 0.3) is 0 Å². The Labute approximate surface area is 130 Å². The van der Waals surface area contributed by atoms with Gasteiger partial charge < -0.3 is 14.3 Å². The van der Waals surface area contributed by atoms with Crippen LogP contribution in [-0.2, 0) is 17.8 Å². The van der Waals surface area contributed by atoms with E-state index >= 15 is 0 Å². The largest absolute Gasteiger partial charge is 0.463 e. The number of rotatable bonds is 7. The number of ether oxygens (including phenoxy) is 1. The number of aryl methyl sites for hydroxylation is 1. The molecule has 5 heteroatoms. The lowest BCUT2D eigenvalue weighted by molar-refractivity contribution is 0.0559. The predicted octanol–water partition coefficient (Wildman–Crippen LogP) is 2.37. The molecule has 0 aliphatic rings. The molecular formula is C17H21NO4. The van der Waals surface area contributed by atoms with Gasteiger partial charge in [0.15, 0.2) is 0 Å². The second-order valence-corrected chi connectivity index (χ2v) is 5.14. The fourth-order valence-corrected chi connectivity index (χ4v) is 2.34. The molecule has 1 heterocycles. The second-order valence-electron chi connectivity index (χ2n) is 5.14. The SMILES string of the molecule is COC(=O)c1oc(CN(CCO)Cc2ccccc2)cc1C. The van der Waals surface area contributed by atoms with Gasteiger partial charge in [-0.1, -0.05) is 30.3 Å². The monoisotopic (exact) mass is 303 g/mol. The highest BCUT2D eigenvalue weighted by molar-refractivity contribution is 5.87. The lowest BCUT2D eigenvalue weighted by atomic mass is 10.2. The lowest BCUT2D eigenvalue weighted by Crippen LogP contribution is -2.25. The molecule has 0 saturated carbocycles. The summed E-state index contributed by atoms with van der Waals surface area (Å²) in [5.74, 6) is 0.448. The number of aliphatic hydroxyl groups excluding tert-OH is 1. The molecule has 0 atom stereocenters. The summed E-state index contributed by atoms with van der Waals surface area (Å²) < 4.78 is 10.3. The maximum Gasteiger partial charge on any atom is 0.374 e. The van der Waals surface area contributed by atoms with Crippen LogP contribution in [0.15, 0.2) is 40.8 Å². The smallest absolute Gasteiger partial charge is 0.374 e. The van der Waals surface area contributed by atoms with Crippen molar-refractivity contribution in [3.8, 4) is 0 Å². The van der Waals surface area contributed by atoms with Gasteiger partial charge in [0.05, 0.1) is 20.3 Å². The number of hydrogen-bond acceptors (Lipinski definition) is 5. The molecule has 22 heavy (non-hydrogen) atoms. The van der Waals surface area contributed by atoms with Crippen LogP contribution >= 0.6 is 0 Å². The van der Waals surface area contributed by atoms with Crippen molar-refractivity contribution in [3.05, 3.63) is 59.0 Å². The molecule has 0 saturated heterocycles. The molecule has 0 bridgehead atoms. The predicted molar refractivity (Wildman–Crippen MR) is 82.4 cm³/mol. The van der Waals surface area contributed by atoms with Crippen molar-refractivity contribution in [2.75, 3.05) is 20.3 Å². The molecule has 0 unspecified atom stereocenters. The van der Waals surface area contributed by atoms with Crippen molar-refractivity contribution < 1.29 is 19.1 Å². The van der Waals surface area contributed by atoms with Crippen molar-refractivity contribution in [1.82, 2.24) is 4.90 Å². The van der Waals surface area contributed by atoms with E-state index in [9.17, 15) is 9.90 Å². The number of furan rings is 1. The Morgan fingerprint density at radius 1 is 1.27 bits per heavy atom. The molecule has 2 aromatic rings. The third-order valence-corrected chi connectivity index (χ3v) is 3.38. The fraction of sp³-hybridized carbons (Fsp3) is 0.353. The summed E-state index contributed by atoms with van der Waals surface area (Å²) in [4.78, 5) is 13.6. The van der Waals surface area contributed by atoms with E-state index < -0.39 is 5.97 Å². The van der Waals surface area contributed by atoms with Gasteiger partial charge in [0.2, 0.25) is 5.76 Å². The molecule has 0 amide bonds. The first-order chi connectivity index (χ1) is 10.6. The molecule has 0 aliphatic heterocycles. The standard InChI is InChI=1S/C17H21NO4/c1-13-10-15(22-16(13)17(20)21-2)12-18(8-9-19)11-14-6-4-3-5-7-14/h3-7,10,19H,8-9,11-12H2,1-2H3. The number of carbonyl (C=O) groups excluding carboxylic acids is 1. The maximum absolute atomic E-state index is 11.6. The number of nitrogens with zero attached hydrogens (tertiary/aromatic N) is 1. The van der Waals surface area contributed by atoms with Crippen molar-refractivity contribution in [2.24, 2.45) is 0 Å². The average molecular weight is 303 g/mol. The van der Waals surface area contributed by atoms with Crippen molar-refractivity contribution in [2.45, 2.75) is 20.0 Å². The summed E-state index contributed by atoms with van der Waals surface area (Å²) >= 11 is 0. The van der Waals surface area contributed by atoms with E-state index in [1.165, 1.54) is 7.11 Å². The van der Waals surface area contributed by atoms with E-state index in [1.54, 1.807) is 0 Å². The van der Waals surface area contributed by atoms with Crippen LogP contribution < -0.4 is 0 Å². The zero-order valence-electron chi connectivity index (χ0n) is 12.9. The fourth-order valence-electron chi connectivity index (χ4n) is 2.34. The zero-order chi connectivity index (χ0) is 15.9. The van der Waals surface area contributed by atoms with Gasteiger partial charge in [-0.25, -0.2) is 4.79 Å². The number of aliphatic hydroxyl groups is 1. The summed E-state index contributed by atoms with van der Waals surface area (Å²) in [5, 5.41) is 9.23.